The molecule has 1 aliphatic rings. The van der Waals surface area contributed by atoms with Crippen LogP contribution < -0.4 is 5.32 Å². The molecular weight excluding hydrogens is 314 g/mol. The van der Waals surface area contributed by atoms with Gasteiger partial charge in [0.2, 0.25) is 9.05 Å². The van der Waals surface area contributed by atoms with E-state index in [9.17, 15) is 13.2 Å². The highest BCUT2D eigenvalue weighted by molar-refractivity contribution is 8.13. The number of ether oxygens (including phenoxy) is 1. The summed E-state index contributed by atoms with van der Waals surface area (Å²) in [6.45, 7) is 0.192. The monoisotopic (exact) mass is 331 g/mol. The van der Waals surface area contributed by atoms with Gasteiger partial charge in [0.25, 0.3) is 0 Å². The van der Waals surface area contributed by atoms with Crippen LogP contribution in [0.4, 0.5) is 4.79 Å². The first-order chi connectivity index (χ1) is 9.94. The van der Waals surface area contributed by atoms with Crippen LogP contribution in [0.1, 0.15) is 24.8 Å². The van der Waals surface area contributed by atoms with Gasteiger partial charge in [0.1, 0.15) is 6.61 Å². The molecule has 1 fully saturated rings. The van der Waals surface area contributed by atoms with Gasteiger partial charge in [-0.15, -0.1) is 0 Å². The molecule has 116 valence electrons. The first kappa shape index (κ1) is 16.1. The fraction of sp³-hybridized carbons (Fsp3) is 0.500. The lowest BCUT2D eigenvalue weighted by Crippen LogP contribution is -2.37. The molecule has 1 aromatic carbocycles. The van der Waals surface area contributed by atoms with Crippen molar-refractivity contribution in [3.63, 3.8) is 0 Å². The maximum Gasteiger partial charge on any atom is 0.407 e. The largest absolute Gasteiger partial charge is 0.445 e. The number of carbonyl (C=O) groups excluding carboxylic acids is 1. The predicted molar refractivity (Wildman–Crippen MR) is 80.5 cm³/mol. The summed E-state index contributed by atoms with van der Waals surface area (Å²) in [5.41, 5.74) is 0.902. The van der Waals surface area contributed by atoms with E-state index < -0.39 is 15.1 Å². The SMILES string of the molecule is O=C(NC(CCS(=O)(=O)Cl)C1CC1)OCc1ccccc1. The molecule has 0 spiro atoms. The first-order valence-electron chi connectivity index (χ1n) is 6.83. The predicted octanol–water partition coefficient (Wildman–Crippen LogP) is 2.65. The number of hydrogen-bond donors (Lipinski definition) is 1. The molecule has 0 bridgehead atoms. The Morgan fingerprint density at radius 1 is 1.33 bits per heavy atom. The molecule has 1 N–H and O–H groups in total. The van der Waals surface area contributed by atoms with Gasteiger partial charge in [-0.05, 0) is 30.7 Å². The van der Waals surface area contributed by atoms with Gasteiger partial charge in [0, 0.05) is 16.7 Å². The van der Waals surface area contributed by atoms with E-state index in [0.717, 1.165) is 18.4 Å². The van der Waals surface area contributed by atoms with Gasteiger partial charge in [0.15, 0.2) is 0 Å². The fourth-order valence-corrected chi connectivity index (χ4v) is 2.91. The summed E-state index contributed by atoms with van der Waals surface area (Å²) < 4.78 is 27.1. The molecular formula is C14H18ClNO4S. The second-order valence-corrected chi connectivity index (χ2v) is 8.08. The Bertz CT molecular complexity index is 572. The molecule has 2 rings (SSSR count). The lowest BCUT2D eigenvalue weighted by Gasteiger charge is -2.17. The average molecular weight is 332 g/mol. The molecule has 1 aromatic rings. The van der Waals surface area contributed by atoms with Gasteiger partial charge >= 0.3 is 6.09 Å². The number of amides is 1. The van der Waals surface area contributed by atoms with Crippen LogP contribution in [0, 0.1) is 5.92 Å². The van der Waals surface area contributed by atoms with Crippen molar-refractivity contribution in [3.05, 3.63) is 35.9 Å². The molecule has 0 saturated heterocycles. The third kappa shape index (κ3) is 6.35. The highest BCUT2D eigenvalue weighted by atomic mass is 35.7. The molecule has 5 nitrogen and oxygen atoms in total. The van der Waals surface area contributed by atoms with E-state index in [1.807, 2.05) is 30.3 Å². The lowest BCUT2D eigenvalue weighted by atomic mass is 10.1. The Morgan fingerprint density at radius 3 is 2.57 bits per heavy atom. The Kier molecular flexibility index (Phi) is 5.47. The Hall–Kier alpha value is -1.27. The van der Waals surface area contributed by atoms with Gasteiger partial charge in [-0.25, -0.2) is 13.2 Å². The summed E-state index contributed by atoms with van der Waals surface area (Å²) >= 11 is 0. The standard InChI is InChI=1S/C14H18ClNO4S/c15-21(18,19)9-8-13(12-6-7-12)16-14(17)20-10-11-4-2-1-3-5-11/h1-5,12-13H,6-10H2,(H,16,17). The maximum atomic E-state index is 11.8. The highest BCUT2D eigenvalue weighted by Crippen LogP contribution is 2.34. The minimum atomic E-state index is -3.54. The van der Waals surface area contributed by atoms with E-state index in [1.165, 1.54) is 0 Å². The van der Waals surface area contributed by atoms with E-state index in [4.69, 9.17) is 15.4 Å². The number of benzene rings is 1. The van der Waals surface area contributed by atoms with Crippen LogP contribution in [0.3, 0.4) is 0 Å². The minimum absolute atomic E-state index is 0.144. The van der Waals surface area contributed by atoms with Crippen molar-refractivity contribution in [1.82, 2.24) is 5.32 Å². The fourth-order valence-electron chi connectivity index (χ4n) is 2.11. The van der Waals surface area contributed by atoms with Crippen molar-refractivity contribution in [2.75, 3.05) is 5.75 Å². The maximum absolute atomic E-state index is 11.8. The van der Waals surface area contributed by atoms with Crippen LogP contribution in [0.25, 0.3) is 0 Å². The van der Waals surface area contributed by atoms with E-state index in [-0.39, 0.29) is 18.4 Å². The zero-order chi connectivity index (χ0) is 15.3. The quantitative estimate of drug-likeness (QED) is 0.780. The number of rotatable bonds is 7. The van der Waals surface area contributed by atoms with Gasteiger partial charge in [-0.1, -0.05) is 30.3 Å². The molecule has 1 atom stereocenters. The first-order valence-corrected chi connectivity index (χ1v) is 9.31. The Balaban J connectivity index is 1.78. The summed E-state index contributed by atoms with van der Waals surface area (Å²) in [5, 5.41) is 2.74. The Labute approximate surface area is 129 Å². The molecule has 1 unspecified atom stereocenters. The summed E-state index contributed by atoms with van der Waals surface area (Å²) in [6.07, 6.45) is 1.78. The van der Waals surface area contributed by atoms with Gasteiger partial charge < -0.3 is 10.1 Å². The van der Waals surface area contributed by atoms with Crippen LogP contribution in [-0.2, 0) is 20.4 Å². The number of alkyl carbamates (subject to hydrolysis) is 1. The highest BCUT2D eigenvalue weighted by Gasteiger charge is 2.33. The number of hydrogen-bond acceptors (Lipinski definition) is 4. The zero-order valence-corrected chi connectivity index (χ0v) is 13.1. The van der Waals surface area contributed by atoms with Crippen LogP contribution in [0.5, 0.6) is 0 Å². The third-order valence-corrected chi connectivity index (χ3v) is 4.57. The van der Waals surface area contributed by atoms with Crippen LogP contribution in [0.2, 0.25) is 0 Å². The van der Waals surface area contributed by atoms with Crippen molar-refractivity contribution < 1.29 is 17.9 Å². The molecule has 7 heteroatoms. The van der Waals surface area contributed by atoms with Crippen molar-refractivity contribution >= 4 is 25.8 Å². The third-order valence-electron chi connectivity index (χ3n) is 3.38. The second-order valence-electron chi connectivity index (χ2n) is 5.18. The van der Waals surface area contributed by atoms with E-state index in [2.05, 4.69) is 5.32 Å². The molecule has 1 saturated carbocycles. The average Bonchev–Trinajstić information content (AvgIpc) is 3.26. The number of halogens is 1. The van der Waals surface area contributed by atoms with E-state index >= 15 is 0 Å². The zero-order valence-electron chi connectivity index (χ0n) is 11.5. The molecule has 1 amide bonds. The van der Waals surface area contributed by atoms with Crippen molar-refractivity contribution in [2.24, 2.45) is 5.92 Å². The summed E-state index contributed by atoms with van der Waals surface area (Å²) in [5.74, 6) is 0.182. The Morgan fingerprint density at radius 2 is 2.00 bits per heavy atom. The van der Waals surface area contributed by atoms with Crippen LogP contribution in [0.15, 0.2) is 30.3 Å². The molecule has 1 aliphatic carbocycles. The van der Waals surface area contributed by atoms with Gasteiger partial charge in [-0.3, -0.25) is 0 Å². The van der Waals surface area contributed by atoms with Crippen LogP contribution >= 0.6 is 10.7 Å². The summed E-state index contributed by atoms with van der Waals surface area (Å²) in [6, 6.07) is 9.17. The van der Waals surface area contributed by atoms with Gasteiger partial charge in [0.05, 0.1) is 5.75 Å². The summed E-state index contributed by atoms with van der Waals surface area (Å²) in [7, 11) is 1.67. The van der Waals surface area contributed by atoms with E-state index in [1.54, 1.807) is 0 Å². The van der Waals surface area contributed by atoms with E-state index in [0.29, 0.717) is 12.3 Å². The molecule has 0 aliphatic heterocycles. The number of carbonyl (C=O) groups is 1. The van der Waals surface area contributed by atoms with Gasteiger partial charge in [-0.2, -0.15) is 0 Å². The van der Waals surface area contributed by atoms with Crippen molar-refractivity contribution in [3.8, 4) is 0 Å². The number of nitrogens with one attached hydrogen (secondary N) is 1. The molecule has 0 heterocycles. The van der Waals surface area contributed by atoms with Crippen molar-refractivity contribution in [2.45, 2.75) is 31.9 Å². The lowest BCUT2D eigenvalue weighted by molar-refractivity contribution is 0.134. The molecule has 0 aromatic heterocycles. The minimum Gasteiger partial charge on any atom is -0.445 e. The topological polar surface area (TPSA) is 72.5 Å². The smallest absolute Gasteiger partial charge is 0.407 e. The molecule has 21 heavy (non-hydrogen) atoms. The second kappa shape index (κ2) is 7.13. The normalized spacial score (nSPS) is 16.2. The van der Waals surface area contributed by atoms with Crippen molar-refractivity contribution in [1.29, 1.82) is 0 Å². The van der Waals surface area contributed by atoms with Crippen LogP contribution in [-0.4, -0.2) is 26.3 Å². The molecule has 0 radical (unpaired) electrons. The summed E-state index contributed by atoms with van der Waals surface area (Å²) in [4.78, 5) is 11.8.